The van der Waals surface area contributed by atoms with Gasteiger partial charge >= 0.3 is 0 Å². The highest BCUT2D eigenvalue weighted by molar-refractivity contribution is 4.88. The molecule has 0 saturated carbocycles. The fourth-order valence-electron chi connectivity index (χ4n) is 2.24. The molecule has 1 N–H and O–H groups in total. The summed E-state index contributed by atoms with van der Waals surface area (Å²) >= 11 is 0. The molecular formula is C12H21N3O2. The summed E-state index contributed by atoms with van der Waals surface area (Å²) in [7, 11) is 0. The number of hydrogen-bond donors (Lipinski definition) is 1. The number of rotatable bonds is 5. The second-order valence-corrected chi connectivity index (χ2v) is 4.47. The number of aliphatic hydroxyl groups excluding tert-OH is 1. The van der Waals surface area contributed by atoms with Crippen LogP contribution in [0.4, 0.5) is 0 Å². The summed E-state index contributed by atoms with van der Waals surface area (Å²) in [5, 5.41) is 9.25. The third-order valence-electron chi connectivity index (χ3n) is 3.33. The molecule has 0 unspecified atom stereocenters. The predicted molar refractivity (Wildman–Crippen MR) is 64.8 cm³/mol. The third-order valence-corrected chi connectivity index (χ3v) is 3.33. The van der Waals surface area contributed by atoms with Gasteiger partial charge in [0.1, 0.15) is 5.82 Å². The zero-order chi connectivity index (χ0) is 12.1. The van der Waals surface area contributed by atoms with E-state index in [2.05, 4.69) is 14.5 Å². The molecule has 0 spiro atoms. The Bertz CT molecular complexity index is 340. The average Bonchev–Trinajstić information content (AvgIpc) is 2.76. The van der Waals surface area contributed by atoms with E-state index in [-0.39, 0.29) is 12.6 Å². The summed E-state index contributed by atoms with van der Waals surface area (Å²) in [4.78, 5) is 6.52. The number of morpholine rings is 1. The first-order chi connectivity index (χ1) is 8.31. The number of aryl methyl sites for hydroxylation is 2. The average molecular weight is 239 g/mol. The number of aromatic nitrogens is 2. The van der Waals surface area contributed by atoms with Crippen molar-refractivity contribution in [3.05, 3.63) is 18.2 Å². The fraction of sp³-hybridized carbons (Fsp3) is 0.750. The van der Waals surface area contributed by atoms with Crippen LogP contribution in [0.3, 0.4) is 0 Å². The fourth-order valence-corrected chi connectivity index (χ4v) is 2.24. The molecule has 5 nitrogen and oxygen atoms in total. The van der Waals surface area contributed by atoms with Gasteiger partial charge in [0.15, 0.2) is 0 Å². The molecule has 5 heteroatoms. The standard InChI is InChI=1S/C12H21N3O2/c1-11-13-3-6-14(11)4-2-5-15-7-8-17-10-12(15)9-16/h3,6,12,16H,2,4-5,7-10H2,1H3/t12-/m1/s1. The van der Waals surface area contributed by atoms with E-state index in [1.807, 2.05) is 19.3 Å². The third kappa shape index (κ3) is 3.28. The van der Waals surface area contributed by atoms with Crippen LogP contribution in [0, 0.1) is 6.92 Å². The molecule has 1 saturated heterocycles. The van der Waals surface area contributed by atoms with Crippen LogP contribution in [-0.2, 0) is 11.3 Å². The van der Waals surface area contributed by atoms with E-state index < -0.39 is 0 Å². The number of imidazole rings is 1. The van der Waals surface area contributed by atoms with E-state index in [9.17, 15) is 5.11 Å². The van der Waals surface area contributed by atoms with Gasteiger partial charge in [-0.05, 0) is 13.3 Å². The minimum Gasteiger partial charge on any atom is -0.395 e. The van der Waals surface area contributed by atoms with Gasteiger partial charge in [-0.15, -0.1) is 0 Å². The van der Waals surface area contributed by atoms with E-state index in [0.29, 0.717) is 6.61 Å². The normalized spacial score (nSPS) is 21.9. The molecule has 0 amide bonds. The second-order valence-electron chi connectivity index (χ2n) is 4.47. The Labute approximate surface area is 102 Å². The first-order valence-corrected chi connectivity index (χ1v) is 6.21. The molecule has 0 aliphatic carbocycles. The monoisotopic (exact) mass is 239 g/mol. The van der Waals surface area contributed by atoms with Crippen molar-refractivity contribution < 1.29 is 9.84 Å². The van der Waals surface area contributed by atoms with Crippen LogP contribution in [0.1, 0.15) is 12.2 Å². The lowest BCUT2D eigenvalue weighted by molar-refractivity contribution is -0.0280. The Balaban J connectivity index is 1.75. The maximum absolute atomic E-state index is 9.25. The van der Waals surface area contributed by atoms with Crippen LogP contribution < -0.4 is 0 Å². The smallest absolute Gasteiger partial charge is 0.105 e. The second kappa shape index (κ2) is 6.14. The Kier molecular flexibility index (Phi) is 4.53. The van der Waals surface area contributed by atoms with Gasteiger partial charge in [0, 0.05) is 32.0 Å². The van der Waals surface area contributed by atoms with Crippen molar-refractivity contribution in [3.8, 4) is 0 Å². The van der Waals surface area contributed by atoms with Crippen molar-refractivity contribution >= 4 is 0 Å². The number of hydrogen-bond acceptors (Lipinski definition) is 4. The zero-order valence-electron chi connectivity index (χ0n) is 10.4. The van der Waals surface area contributed by atoms with E-state index >= 15 is 0 Å². The van der Waals surface area contributed by atoms with Gasteiger partial charge in [0.2, 0.25) is 0 Å². The maximum atomic E-state index is 9.25. The van der Waals surface area contributed by atoms with Crippen molar-refractivity contribution in [2.24, 2.45) is 0 Å². The van der Waals surface area contributed by atoms with Gasteiger partial charge in [-0.3, -0.25) is 4.90 Å². The van der Waals surface area contributed by atoms with Gasteiger partial charge in [-0.2, -0.15) is 0 Å². The number of nitrogens with zero attached hydrogens (tertiary/aromatic N) is 3. The van der Waals surface area contributed by atoms with Gasteiger partial charge < -0.3 is 14.4 Å². The maximum Gasteiger partial charge on any atom is 0.105 e. The number of aliphatic hydroxyl groups is 1. The summed E-state index contributed by atoms with van der Waals surface area (Å²) in [6.07, 6.45) is 4.92. The molecule has 1 aromatic heterocycles. The minimum atomic E-state index is 0.174. The van der Waals surface area contributed by atoms with Gasteiger partial charge in [0.05, 0.1) is 25.9 Å². The topological polar surface area (TPSA) is 50.5 Å². The van der Waals surface area contributed by atoms with Crippen LogP contribution in [0.25, 0.3) is 0 Å². The molecule has 0 aromatic carbocycles. The van der Waals surface area contributed by atoms with Crippen molar-refractivity contribution in [2.45, 2.75) is 25.9 Å². The molecule has 0 bridgehead atoms. The molecule has 1 aromatic rings. The lowest BCUT2D eigenvalue weighted by Gasteiger charge is -2.34. The van der Waals surface area contributed by atoms with Gasteiger partial charge in [-0.25, -0.2) is 4.98 Å². The molecule has 1 fully saturated rings. The van der Waals surface area contributed by atoms with Crippen molar-refractivity contribution in [1.82, 2.24) is 14.5 Å². The van der Waals surface area contributed by atoms with Crippen molar-refractivity contribution in [1.29, 1.82) is 0 Å². The Morgan fingerprint density at radius 3 is 3.12 bits per heavy atom. The lowest BCUT2D eigenvalue weighted by atomic mass is 10.2. The molecule has 1 aliphatic heterocycles. The summed E-state index contributed by atoms with van der Waals surface area (Å²) in [6, 6.07) is 0.174. The molecule has 1 atom stereocenters. The lowest BCUT2D eigenvalue weighted by Crippen LogP contribution is -2.47. The highest BCUT2D eigenvalue weighted by Gasteiger charge is 2.21. The van der Waals surface area contributed by atoms with Crippen LogP contribution in [0.5, 0.6) is 0 Å². The SMILES string of the molecule is Cc1nccn1CCCN1CCOC[C@H]1CO. The van der Waals surface area contributed by atoms with Gasteiger partial charge in [-0.1, -0.05) is 0 Å². The number of ether oxygens (including phenoxy) is 1. The largest absolute Gasteiger partial charge is 0.395 e. The Hall–Kier alpha value is -0.910. The summed E-state index contributed by atoms with van der Waals surface area (Å²) in [6.45, 7) is 6.55. The van der Waals surface area contributed by atoms with Crippen LogP contribution in [0.15, 0.2) is 12.4 Å². The van der Waals surface area contributed by atoms with Gasteiger partial charge in [0.25, 0.3) is 0 Å². The summed E-state index contributed by atoms with van der Waals surface area (Å²) < 4.78 is 7.52. The highest BCUT2D eigenvalue weighted by atomic mass is 16.5. The van der Waals surface area contributed by atoms with Crippen molar-refractivity contribution in [2.75, 3.05) is 32.9 Å². The molecule has 1 aliphatic rings. The quantitative estimate of drug-likeness (QED) is 0.801. The van der Waals surface area contributed by atoms with E-state index in [0.717, 1.165) is 38.5 Å². The minimum absolute atomic E-state index is 0.174. The molecule has 2 rings (SSSR count). The summed E-state index contributed by atoms with van der Waals surface area (Å²) in [5.41, 5.74) is 0. The molecular weight excluding hydrogens is 218 g/mol. The summed E-state index contributed by atoms with van der Waals surface area (Å²) in [5.74, 6) is 1.06. The van der Waals surface area contributed by atoms with Crippen molar-refractivity contribution in [3.63, 3.8) is 0 Å². The Morgan fingerprint density at radius 2 is 2.41 bits per heavy atom. The van der Waals surface area contributed by atoms with E-state index in [4.69, 9.17) is 4.74 Å². The van der Waals surface area contributed by atoms with Crippen LogP contribution >= 0.6 is 0 Å². The first-order valence-electron chi connectivity index (χ1n) is 6.21. The first kappa shape index (κ1) is 12.5. The highest BCUT2D eigenvalue weighted by Crippen LogP contribution is 2.08. The van der Waals surface area contributed by atoms with Crippen LogP contribution in [-0.4, -0.2) is 58.5 Å². The molecule has 0 radical (unpaired) electrons. The van der Waals surface area contributed by atoms with E-state index in [1.54, 1.807) is 0 Å². The van der Waals surface area contributed by atoms with Crippen LogP contribution in [0.2, 0.25) is 0 Å². The molecule has 96 valence electrons. The predicted octanol–water partition coefficient (Wildman–Crippen LogP) is 0.275. The molecule has 2 heterocycles. The Morgan fingerprint density at radius 1 is 1.53 bits per heavy atom. The van der Waals surface area contributed by atoms with E-state index in [1.165, 1.54) is 0 Å². The molecule has 17 heavy (non-hydrogen) atoms. The zero-order valence-corrected chi connectivity index (χ0v) is 10.4.